The van der Waals surface area contributed by atoms with E-state index in [-0.39, 0.29) is 12.6 Å². The Bertz CT molecular complexity index is 309. The minimum absolute atomic E-state index is 0.0460. The van der Waals surface area contributed by atoms with Crippen molar-refractivity contribution in [2.24, 2.45) is 0 Å². The highest BCUT2D eigenvalue weighted by molar-refractivity contribution is 6.35. The minimum Gasteiger partial charge on any atom is -0.335 e. The zero-order valence-electron chi connectivity index (χ0n) is 10.9. The molecule has 0 rings (SSSR count). The fraction of sp³-hybridized carbons (Fsp3) is 0.727. The number of nitriles is 1. The van der Waals surface area contributed by atoms with Crippen molar-refractivity contribution in [3.8, 4) is 6.07 Å². The molecule has 0 spiro atoms. The van der Waals surface area contributed by atoms with Crippen molar-refractivity contribution in [1.82, 2.24) is 15.1 Å². The Hall–Kier alpha value is -1.61. The third-order valence-electron chi connectivity index (χ3n) is 2.29. The highest BCUT2D eigenvalue weighted by Crippen LogP contribution is 2.01. The van der Waals surface area contributed by atoms with E-state index >= 15 is 0 Å². The highest BCUT2D eigenvalue weighted by atomic mass is 16.2. The van der Waals surface area contributed by atoms with Gasteiger partial charge in [-0.2, -0.15) is 5.26 Å². The van der Waals surface area contributed by atoms with Gasteiger partial charge in [0.15, 0.2) is 0 Å². The summed E-state index contributed by atoms with van der Waals surface area (Å²) in [6.07, 6.45) is 0. The summed E-state index contributed by atoms with van der Waals surface area (Å²) in [5.74, 6) is -1.31. The minimum atomic E-state index is -0.723. The highest BCUT2D eigenvalue weighted by Gasteiger charge is 2.24. The lowest BCUT2D eigenvalue weighted by Crippen LogP contribution is -2.49. The number of carbonyl (C=O) groups excluding carboxylic acids is 2. The zero-order chi connectivity index (χ0) is 13.4. The van der Waals surface area contributed by atoms with Gasteiger partial charge in [0, 0.05) is 19.1 Å². The van der Waals surface area contributed by atoms with Crippen LogP contribution in [-0.4, -0.2) is 61.4 Å². The molecule has 0 saturated carbocycles. The topological polar surface area (TPSA) is 76.4 Å². The smallest absolute Gasteiger partial charge is 0.312 e. The number of nitrogens with one attached hydrogen (secondary N) is 1. The number of likely N-dealkylation sites (N-methyl/N-ethyl adjacent to an activating group) is 2. The van der Waals surface area contributed by atoms with Crippen LogP contribution in [0.2, 0.25) is 0 Å². The van der Waals surface area contributed by atoms with Crippen LogP contribution in [0.15, 0.2) is 0 Å². The van der Waals surface area contributed by atoms with Gasteiger partial charge in [0.2, 0.25) is 0 Å². The summed E-state index contributed by atoms with van der Waals surface area (Å²) in [5, 5.41) is 10.6. The molecule has 6 nitrogen and oxygen atoms in total. The van der Waals surface area contributed by atoms with E-state index in [9.17, 15) is 9.59 Å². The first-order valence-corrected chi connectivity index (χ1v) is 5.54. The molecule has 0 saturated heterocycles. The molecule has 0 aliphatic heterocycles. The molecule has 1 atom stereocenters. The largest absolute Gasteiger partial charge is 0.335 e. The molecule has 0 heterocycles. The van der Waals surface area contributed by atoms with Gasteiger partial charge in [-0.25, -0.2) is 0 Å². The van der Waals surface area contributed by atoms with E-state index in [1.54, 1.807) is 6.07 Å². The van der Waals surface area contributed by atoms with Gasteiger partial charge in [-0.15, -0.1) is 0 Å². The average molecular weight is 240 g/mol. The summed E-state index contributed by atoms with van der Waals surface area (Å²) < 4.78 is 0. The second kappa shape index (κ2) is 7.63. The number of rotatable bonds is 5. The molecule has 0 aromatic carbocycles. The summed E-state index contributed by atoms with van der Waals surface area (Å²) in [6, 6.07) is 1.71. The molecule has 17 heavy (non-hydrogen) atoms. The van der Waals surface area contributed by atoms with Crippen LogP contribution >= 0.6 is 0 Å². The van der Waals surface area contributed by atoms with E-state index in [1.165, 1.54) is 4.90 Å². The fourth-order valence-corrected chi connectivity index (χ4v) is 1.61. The first kappa shape index (κ1) is 15.4. The lowest BCUT2D eigenvalue weighted by atomic mass is 10.2. The fourth-order valence-electron chi connectivity index (χ4n) is 1.61. The quantitative estimate of drug-likeness (QED) is 0.515. The molecule has 0 aromatic heterocycles. The molecule has 1 unspecified atom stereocenters. The Morgan fingerprint density at radius 2 is 2.00 bits per heavy atom. The van der Waals surface area contributed by atoms with Crippen LogP contribution in [0.5, 0.6) is 0 Å². The van der Waals surface area contributed by atoms with E-state index in [1.807, 2.05) is 32.8 Å². The third-order valence-corrected chi connectivity index (χ3v) is 2.29. The summed E-state index contributed by atoms with van der Waals surface area (Å²) in [4.78, 5) is 26.7. The molecule has 6 heteroatoms. The molecule has 0 fully saturated rings. The first-order chi connectivity index (χ1) is 7.93. The number of carbonyl (C=O) groups is 2. The maximum absolute atomic E-state index is 11.8. The zero-order valence-corrected chi connectivity index (χ0v) is 10.9. The van der Waals surface area contributed by atoms with Crippen LogP contribution in [0.1, 0.15) is 13.8 Å². The van der Waals surface area contributed by atoms with Gasteiger partial charge in [-0.1, -0.05) is 0 Å². The molecule has 0 aliphatic rings. The van der Waals surface area contributed by atoms with Gasteiger partial charge in [0.05, 0.1) is 6.07 Å². The van der Waals surface area contributed by atoms with E-state index in [0.717, 1.165) is 0 Å². The van der Waals surface area contributed by atoms with Crippen LogP contribution in [-0.2, 0) is 9.59 Å². The standard InChI is InChI=1S/C11H20N4O2/c1-5-15(9(2)8-14(3)4)11(17)10(16)13-7-6-12/h9H,5,7-8H2,1-4H3,(H,13,16). The van der Waals surface area contributed by atoms with Crippen molar-refractivity contribution >= 4 is 11.8 Å². The van der Waals surface area contributed by atoms with Gasteiger partial charge in [0.25, 0.3) is 0 Å². The molecular formula is C11H20N4O2. The Morgan fingerprint density at radius 1 is 1.41 bits per heavy atom. The maximum atomic E-state index is 11.8. The van der Waals surface area contributed by atoms with Gasteiger partial charge < -0.3 is 15.1 Å². The Balaban J connectivity index is 4.49. The van der Waals surface area contributed by atoms with E-state index < -0.39 is 11.8 Å². The van der Waals surface area contributed by atoms with Crippen molar-refractivity contribution in [2.75, 3.05) is 33.7 Å². The van der Waals surface area contributed by atoms with Crippen molar-refractivity contribution in [3.05, 3.63) is 0 Å². The molecule has 0 bridgehead atoms. The molecule has 0 aromatic rings. The van der Waals surface area contributed by atoms with Crippen molar-refractivity contribution in [3.63, 3.8) is 0 Å². The second-order valence-electron chi connectivity index (χ2n) is 4.04. The van der Waals surface area contributed by atoms with Crippen LogP contribution in [0.4, 0.5) is 0 Å². The van der Waals surface area contributed by atoms with Crippen molar-refractivity contribution in [1.29, 1.82) is 5.26 Å². The van der Waals surface area contributed by atoms with Crippen molar-refractivity contribution < 1.29 is 9.59 Å². The molecule has 0 aliphatic carbocycles. The lowest BCUT2D eigenvalue weighted by Gasteiger charge is -2.29. The monoisotopic (exact) mass is 240 g/mol. The van der Waals surface area contributed by atoms with E-state index in [0.29, 0.717) is 13.1 Å². The van der Waals surface area contributed by atoms with Gasteiger partial charge >= 0.3 is 11.8 Å². The summed E-state index contributed by atoms with van der Waals surface area (Å²) in [7, 11) is 3.81. The normalized spacial score (nSPS) is 11.8. The molecule has 96 valence electrons. The molecular weight excluding hydrogens is 220 g/mol. The van der Waals surface area contributed by atoms with Crippen LogP contribution in [0.25, 0.3) is 0 Å². The van der Waals surface area contributed by atoms with Gasteiger partial charge in [-0.05, 0) is 27.9 Å². The van der Waals surface area contributed by atoms with Crippen molar-refractivity contribution in [2.45, 2.75) is 19.9 Å². The number of hydrogen-bond donors (Lipinski definition) is 1. The van der Waals surface area contributed by atoms with Crippen LogP contribution in [0.3, 0.4) is 0 Å². The predicted octanol–water partition coefficient (Wildman–Crippen LogP) is -0.575. The molecule has 0 radical (unpaired) electrons. The number of amides is 2. The molecule has 2 amide bonds. The van der Waals surface area contributed by atoms with Gasteiger partial charge in [-0.3, -0.25) is 9.59 Å². The first-order valence-electron chi connectivity index (χ1n) is 5.54. The second-order valence-corrected chi connectivity index (χ2v) is 4.04. The number of hydrogen-bond acceptors (Lipinski definition) is 4. The summed E-state index contributed by atoms with van der Waals surface area (Å²) in [6.45, 7) is 4.71. The Morgan fingerprint density at radius 3 is 2.41 bits per heavy atom. The summed E-state index contributed by atoms with van der Waals surface area (Å²) in [5.41, 5.74) is 0. The van der Waals surface area contributed by atoms with E-state index in [2.05, 4.69) is 5.32 Å². The Labute approximate surface area is 102 Å². The number of nitrogens with zero attached hydrogens (tertiary/aromatic N) is 3. The third kappa shape index (κ3) is 5.31. The lowest BCUT2D eigenvalue weighted by molar-refractivity contribution is -0.147. The maximum Gasteiger partial charge on any atom is 0.312 e. The summed E-state index contributed by atoms with van der Waals surface area (Å²) >= 11 is 0. The van der Waals surface area contributed by atoms with Crippen LogP contribution in [0, 0.1) is 11.3 Å². The molecule has 1 N–H and O–H groups in total. The predicted molar refractivity (Wildman–Crippen MR) is 64.0 cm³/mol. The average Bonchev–Trinajstić information content (AvgIpc) is 2.25. The Kier molecular flexibility index (Phi) is 6.91. The SMILES string of the molecule is CCN(C(=O)C(=O)NCC#N)C(C)CN(C)C. The van der Waals surface area contributed by atoms with E-state index in [4.69, 9.17) is 5.26 Å². The van der Waals surface area contributed by atoms with Crippen LogP contribution < -0.4 is 5.32 Å². The van der Waals surface area contributed by atoms with Gasteiger partial charge in [0.1, 0.15) is 6.54 Å².